The second-order valence-corrected chi connectivity index (χ2v) is 6.99. The van der Waals surface area contributed by atoms with Gasteiger partial charge in [-0.05, 0) is 12.5 Å². The lowest BCUT2D eigenvalue weighted by molar-refractivity contribution is 0.262. The monoisotopic (exact) mass is 326 g/mol. The van der Waals surface area contributed by atoms with Crippen LogP contribution in [0.15, 0.2) is 29.3 Å². The number of hydrogen-bond acceptors (Lipinski definition) is 4. The molecule has 0 saturated heterocycles. The normalized spacial score (nSPS) is 18.4. The van der Waals surface area contributed by atoms with E-state index in [4.69, 9.17) is 10.5 Å². The van der Waals surface area contributed by atoms with Crippen molar-refractivity contribution in [2.75, 3.05) is 26.0 Å². The highest BCUT2D eigenvalue weighted by atomic mass is 32.2. The summed E-state index contributed by atoms with van der Waals surface area (Å²) in [5, 5.41) is 3.19. The summed E-state index contributed by atoms with van der Waals surface area (Å²) in [5.74, 6) is 1.23. The highest BCUT2D eigenvalue weighted by Crippen LogP contribution is 2.31. The van der Waals surface area contributed by atoms with Crippen molar-refractivity contribution in [3.05, 3.63) is 29.8 Å². The van der Waals surface area contributed by atoms with Crippen LogP contribution in [0.2, 0.25) is 0 Å². The first-order valence-electron chi connectivity index (χ1n) is 7.18. The Morgan fingerprint density at radius 1 is 1.45 bits per heavy atom. The molecule has 7 nitrogen and oxygen atoms in total. The van der Waals surface area contributed by atoms with Crippen molar-refractivity contribution in [1.82, 2.24) is 10.0 Å². The molecule has 0 saturated carbocycles. The van der Waals surface area contributed by atoms with E-state index in [1.807, 2.05) is 24.3 Å². The molecule has 0 bridgehead atoms. The van der Waals surface area contributed by atoms with Gasteiger partial charge in [-0.15, -0.1) is 0 Å². The maximum atomic E-state index is 10.9. The second-order valence-electron chi connectivity index (χ2n) is 5.16. The maximum absolute atomic E-state index is 10.9. The van der Waals surface area contributed by atoms with Gasteiger partial charge in [0.25, 0.3) is 0 Å². The molecule has 1 aliphatic heterocycles. The third kappa shape index (κ3) is 5.19. The van der Waals surface area contributed by atoms with Crippen LogP contribution in [0, 0.1) is 0 Å². The summed E-state index contributed by atoms with van der Waals surface area (Å²) in [6.45, 7) is 1.46. The summed E-state index contributed by atoms with van der Waals surface area (Å²) < 4.78 is 29.8. The molecule has 1 aliphatic rings. The van der Waals surface area contributed by atoms with Gasteiger partial charge in [0.2, 0.25) is 10.0 Å². The summed E-state index contributed by atoms with van der Waals surface area (Å²) in [6.07, 6.45) is 2.55. The fraction of sp³-hybridized carbons (Fsp3) is 0.500. The number of para-hydroxylation sites is 1. The second kappa shape index (κ2) is 7.46. The standard InChI is InChI=1S/C14H22N4O3S/c1-22(19,20)17-9-4-8-16-14(15)18-12-7-10-21-13-6-3-2-5-11(12)13/h2-3,5-6,12,17H,4,7-10H2,1H3,(H3,15,16,18). The highest BCUT2D eigenvalue weighted by molar-refractivity contribution is 7.88. The van der Waals surface area contributed by atoms with Crippen LogP contribution < -0.4 is 20.5 Å². The molecule has 0 aliphatic carbocycles. The Morgan fingerprint density at radius 3 is 3.00 bits per heavy atom. The molecule has 1 aromatic carbocycles. The molecule has 1 atom stereocenters. The number of ether oxygens (including phenoxy) is 1. The highest BCUT2D eigenvalue weighted by Gasteiger charge is 2.21. The number of fused-ring (bicyclic) bond motifs is 1. The molecule has 1 unspecified atom stereocenters. The lowest BCUT2D eigenvalue weighted by atomic mass is 10.0. The molecule has 4 N–H and O–H groups in total. The van der Waals surface area contributed by atoms with Gasteiger partial charge < -0.3 is 15.8 Å². The lowest BCUT2D eigenvalue weighted by Crippen LogP contribution is -2.37. The first kappa shape index (κ1) is 16.6. The first-order valence-corrected chi connectivity index (χ1v) is 9.07. The van der Waals surface area contributed by atoms with Crippen molar-refractivity contribution in [2.45, 2.75) is 18.9 Å². The molecular weight excluding hydrogens is 304 g/mol. The van der Waals surface area contributed by atoms with Crippen LogP contribution in [0.4, 0.5) is 0 Å². The van der Waals surface area contributed by atoms with Crippen LogP contribution in [0.1, 0.15) is 24.4 Å². The zero-order chi connectivity index (χ0) is 16.0. The number of rotatable bonds is 6. The summed E-state index contributed by atoms with van der Waals surface area (Å²) in [5.41, 5.74) is 6.96. The summed E-state index contributed by atoms with van der Waals surface area (Å²) in [4.78, 5) is 4.22. The van der Waals surface area contributed by atoms with E-state index in [0.29, 0.717) is 32.1 Å². The third-order valence-corrected chi connectivity index (χ3v) is 3.99. The van der Waals surface area contributed by atoms with Gasteiger partial charge in [0.15, 0.2) is 5.96 Å². The predicted molar refractivity (Wildman–Crippen MR) is 86.4 cm³/mol. The van der Waals surface area contributed by atoms with E-state index in [-0.39, 0.29) is 6.04 Å². The van der Waals surface area contributed by atoms with Gasteiger partial charge in [0.05, 0.1) is 18.9 Å². The number of aliphatic imine (C=N–C) groups is 1. The Labute approximate surface area is 131 Å². The number of guanidine groups is 1. The number of sulfonamides is 1. The minimum absolute atomic E-state index is 0.0860. The van der Waals surface area contributed by atoms with Crippen molar-refractivity contribution in [3.8, 4) is 5.75 Å². The molecule has 1 aromatic rings. The summed E-state index contributed by atoms with van der Waals surface area (Å²) in [7, 11) is -3.14. The Morgan fingerprint density at radius 2 is 2.23 bits per heavy atom. The zero-order valence-corrected chi connectivity index (χ0v) is 13.4. The van der Waals surface area contributed by atoms with Crippen LogP contribution in [0.25, 0.3) is 0 Å². The molecule has 122 valence electrons. The number of nitrogens with one attached hydrogen (secondary N) is 2. The van der Waals surface area contributed by atoms with Gasteiger partial charge in [0, 0.05) is 25.1 Å². The van der Waals surface area contributed by atoms with Crippen LogP contribution >= 0.6 is 0 Å². The van der Waals surface area contributed by atoms with E-state index in [9.17, 15) is 8.42 Å². The average molecular weight is 326 g/mol. The van der Waals surface area contributed by atoms with E-state index in [0.717, 1.165) is 24.0 Å². The fourth-order valence-corrected chi connectivity index (χ4v) is 2.77. The topological polar surface area (TPSA) is 106 Å². The molecular formula is C14H22N4O3S. The van der Waals surface area contributed by atoms with Gasteiger partial charge in [-0.1, -0.05) is 18.2 Å². The zero-order valence-electron chi connectivity index (χ0n) is 12.6. The van der Waals surface area contributed by atoms with Crippen molar-refractivity contribution in [1.29, 1.82) is 0 Å². The minimum atomic E-state index is -3.14. The Hall–Kier alpha value is -1.80. The first-order chi connectivity index (χ1) is 10.5. The molecule has 2 rings (SSSR count). The van der Waals surface area contributed by atoms with Crippen LogP contribution in [0.5, 0.6) is 5.75 Å². The SMILES string of the molecule is CS(=O)(=O)NCCCN=C(N)NC1CCOc2ccccc21. The van der Waals surface area contributed by atoms with E-state index in [2.05, 4.69) is 15.0 Å². The molecule has 0 fully saturated rings. The Balaban J connectivity index is 1.82. The van der Waals surface area contributed by atoms with Gasteiger partial charge >= 0.3 is 0 Å². The van der Waals surface area contributed by atoms with E-state index in [1.165, 1.54) is 0 Å². The molecule has 1 heterocycles. The van der Waals surface area contributed by atoms with Crippen molar-refractivity contribution >= 4 is 16.0 Å². The number of benzene rings is 1. The van der Waals surface area contributed by atoms with Crippen LogP contribution in [0.3, 0.4) is 0 Å². The third-order valence-electron chi connectivity index (χ3n) is 3.26. The molecule has 0 radical (unpaired) electrons. The fourth-order valence-electron chi connectivity index (χ4n) is 2.25. The van der Waals surface area contributed by atoms with E-state index < -0.39 is 10.0 Å². The quantitative estimate of drug-likeness (QED) is 0.397. The smallest absolute Gasteiger partial charge is 0.208 e. The largest absolute Gasteiger partial charge is 0.493 e. The summed E-state index contributed by atoms with van der Waals surface area (Å²) >= 11 is 0. The molecule has 0 spiro atoms. The van der Waals surface area contributed by atoms with Gasteiger partial charge in [-0.2, -0.15) is 0 Å². The van der Waals surface area contributed by atoms with Crippen molar-refractivity contribution in [3.63, 3.8) is 0 Å². The van der Waals surface area contributed by atoms with E-state index in [1.54, 1.807) is 0 Å². The van der Waals surface area contributed by atoms with Crippen LogP contribution in [-0.2, 0) is 10.0 Å². The number of nitrogens with two attached hydrogens (primary N) is 1. The van der Waals surface area contributed by atoms with Crippen molar-refractivity contribution in [2.24, 2.45) is 10.7 Å². The van der Waals surface area contributed by atoms with Crippen LogP contribution in [-0.4, -0.2) is 40.3 Å². The Bertz CT molecular complexity index is 631. The van der Waals surface area contributed by atoms with Gasteiger partial charge in [-0.3, -0.25) is 4.99 Å². The maximum Gasteiger partial charge on any atom is 0.208 e. The molecule has 8 heteroatoms. The van der Waals surface area contributed by atoms with Gasteiger partial charge in [-0.25, -0.2) is 13.1 Å². The number of hydrogen-bond donors (Lipinski definition) is 3. The minimum Gasteiger partial charge on any atom is -0.493 e. The average Bonchev–Trinajstić information content (AvgIpc) is 2.46. The number of nitrogens with zero attached hydrogens (tertiary/aromatic N) is 1. The van der Waals surface area contributed by atoms with Crippen molar-refractivity contribution < 1.29 is 13.2 Å². The lowest BCUT2D eigenvalue weighted by Gasteiger charge is -2.26. The molecule has 0 amide bonds. The summed E-state index contributed by atoms with van der Waals surface area (Å²) in [6, 6.07) is 7.94. The van der Waals surface area contributed by atoms with E-state index >= 15 is 0 Å². The predicted octanol–water partition coefficient (Wildman–Crippen LogP) is 0.354. The molecule has 0 aromatic heterocycles. The van der Waals surface area contributed by atoms with Gasteiger partial charge in [0.1, 0.15) is 5.75 Å². The molecule has 22 heavy (non-hydrogen) atoms. The Kier molecular flexibility index (Phi) is 5.62.